The van der Waals surface area contributed by atoms with Gasteiger partial charge in [-0.05, 0) is 19.1 Å². The molecule has 0 aliphatic rings. The van der Waals surface area contributed by atoms with Crippen LogP contribution in [0.3, 0.4) is 0 Å². The van der Waals surface area contributed by atoms with Gasteiger partial charge in [0, 0.05) is 23.2 Å². The molecule has 4 rings (SSSR count). The van der Waals surface area contributed by atoms with Crippen LogP contribution in [0.1, 0.15) is 10.7 Å². The standard InChI is InChI=1S/C18H11F3N4O2S2/c1-8-17(29-13(23-8)6-27-12-3-2-4-22-25-12)18-24-11(7-28-18)9-5-10(19)16(26)15(21)14(9)20/h2-5,7,26H,6H2,1H3. The fraction of sp³-hybridized carbons (Fsp3) is 0.111. The van der Waals surface area contributed by atoms with Crippen LogP contribution in [0.15, 0.2) is 29.8 Å². The maximum absolute atomic E-state index is 14.1. The molecule has 0 aliphatic carbocycles. The minimum Gasteiger partial charge on any atom is -0.503 e. The normalized spacial score (nSPS) is 11.0. The summed E-state index contributed by atoms with van der Waals surface area (Å²) in [6.45, 7) is 1.98. The second-order valence-corrected chi connectivity index (χ2v) is 7.73. The highest BCUT2D eigenvalue weighted by Crippen LogP contribution is 2.37. The number of aromatic hydroxyl groups is 1. The number of nitrogens with zero attached hydrogens (tertiary/aromatic N) is 4. The van der Waals surface area contributed by atoms with E-state index in [9.17, 15) is 18.3 Å². The highest BCUT2D eigenvalue weighted by atomic mass is 32.1. The summed E-state index contributed by atoms with van der Waals surface area (Å²) < 4.78 is 46.9. The lowest BCUT2D eigenvalue weighted by Crippen LogP contribution is -1.97. The first-order valence-electron chi connectivity index (χ1n) is 8.13. The van der Waals surface area contributed by atoms with Gasteiger partial charge in [-0.25, -0.2) is 18.7 Å². The molecular formula is C18H11F3N4O2S2. The number of hydrogen-bond donors (Lipinski definition) is 1. The van der Waals surface area contributed by atoms with Crippen LogP contribution in [0.5, 0.6) is 11.6 Å². The van der Waals surface area contributed by atoms with Gasteiger partial charge in [-0.1, -0.05) is 0 Å². The fourth-order valence-electron chi connectivity index (χ4n) is 2.49. The molecule has 1 aromatic carbocycles. The maximum atomic E-state index is 14.1. The number of phenolic OH excluding ortho intramolecular Hbond substituents is 1. The van der Waals surface area contributed by atoms with Crippen LogP contribution in [0.4, 0.5) is 13.2 Å². The molecule has 0 radical (unpaired) electrons. The number of aromatic nitrogens is 4. The van der Waals surface area contributed by atoms with Crippen LogP contribution in [-0.2, 0) is 6.61 Å². The molecule has 0 amide bonds. The topological polar surface area (TPSA) is 81.0 Å². The Hall–Kier alpha value is -3.05. The van der Waals surface area contributed by atoms with E-state index < -0.39 is 23.2 Å². The van der Waals surface area contributed by atoms with Crippen molar-refractivity contribution in [2.75, 3.05) is 0 Å². The highest BCUT2D eigenvalue weighted by Gasteiger charge is 2.22. The lowest BCUT2D eigenvalue weighted by molar-refractivity contribution is 0.289. The second-order valence-electron chi connectivity index (χ2n) is 5.79. The van der Waals surface area contributed by atoms with E-state index in [4.69, 9.17) is 4.74 Å². The van der Waals surface area contributed by atoms with Crippen molar-refractivity contribution in [1.29, 1.82) is 0 Å². The summed E-state index contributed by atoms with van der Waals surface area (Å²) in [5, 5.41) is 19.4. The molecule has 148 valence electrons. The third-order valence-corrected chi connectivity index (χ3v) is 5.97. The van der Waals surface area contributed by atoms with Crippen molar-refractivity contribution in [3.8, 4) is 32.8 Å². The first-order chi connectivity index (χ1) is 13.9. The van der Waals surface area contributed by atoms with Gasteiger partial charge in [0.1, 0.15) is 16.6 Å². The van der Waals surface area contributed by atoms with Gasteiger partial charge in [0.25, 0.3) is 0 Å². The van der Waals surface area contributed by atoms with Gasteiger partial charge < -0.3 is 9.84 Å². The average molecular weight is 436 g/mol. The summed E-state index contributed by atoms with van der Waals surface area (Å²) >= 11 is 2.52. The molecule has 0 saturated carbocycles. The highest BCUT2D eigenvalue weighted by molar-refractivity contribution is 7.21. The monoisotopic (exact) mass is 436 g/mol. The molecule has 0 aliphatic heterocycles. The van der Waals surface area contributed by atoms with Crippen LogP contribution in [-0.4, -0.2) is 25.3 Å². The largest absolute Gasteiger partial charge is 0.503 e. The number of phenols is 1. The molecule has 4 aromatic rings. The van der Waals surface area contributed by atoms with Crippen molar-refractivity contribution in [3.63, 3.8) is 0 Å². The van der Waals surface area contributed by atoms with Gasteiger partial charge in [-0.15, -0.1) is 27.8 Å². The van der Waals surface area contributed by atoms with Gasteiger partial charge in [0.15, 0.2) is 17.4 Å². The Balaban J connectivity index is 1.60. The minimum atomic E-state index is -1.65. The first-order valence-corrected chi connectivity index (χ1v) is 9.83. The maximum Gasteiger partial charge on any atom is 0.233 e. The number of halogens is 3. The van der Waals surface area contributed by atoms with E-state index in [1.165, 1.54) is 34.3 Å². The lowest BCUT2D eigenvalue weighted by Gasteiger charge is -2.04. The molecule has 6 nitrogen and oxygen atoms in total. The zero-order chi connectivity index (χ0) is 20.5. The minimum absolute atomic E-state index is 0.0606. The number of hydrogen-bond acceptors (Lipinski definition) is 8. The second kappa shape index (κ2) is 7.76. The van der Waals surface area contributed by atoms with Crippen molar-refractivity contribution in [2.24, 2.45) is 0 Å². The molecule has 1 N–H and O–H groups in total. The summed E-state index contributed by atoms with van der Waals surface area (Å²) in [5.41, 5.74) is 0.385. The molecule has 0 bridgehead atoms. The van der Waals surface area contributed by atoms with E-state index in [0.717, 1.165) is 4.88 Å². The Morgan fingerprint density at radius 1 is 1.17 bits per heavy atom. The number of rotatable bonds is 5. The van der Waals surface area contributed by atoms with Crippen LogP contribution in [0.25, 0.3) is 21.1 Å². The van der Waals surface area contributed by atoms with Crippen molar-refractivity contribution in [2.45, 2.75) is 13.5 Å². The predicted molar refractivity (Wildman–Crippen MR) is 101 cm³/mol. The van der Waals surface area contributed by atoms with Crippen molar-refractivity contribution < 1.29 is 23.0 Å². The zero-order valence-electron chi connectivity index (χ0n) is 14.7. The van der Waals surface area contributed by atoms with Gasteiger partial charge in [0.05, 0.1) is 16.3 Å². The molecule has 11 heteroatoms. The van der Waals surface area contributed by atoms with E-state index in [1.54, 1.807) is 19.1 Å². The summed E-state index contributed by atoms with van der Waals surface area (Å²) in [5.74, 6) is -5.25. The van der Waals surface area contributed by atoms with Crippen LogP contribution < -0.4 is 4.74 Å². The summed E-state index contributed by atoms with van der Waals surface area (Å²) in [7, 11) is 0. The van der Waals surface area contributed by atoms with Gasteiger partial charge in [-0.3, -0.25) is 0 Å². The predicted octanol–water partition coefficient (Wildman–Crippen LogP) is 4.73. The van der Waals surface area contributed by atoms with Gasteiger partial charge in [-0.2, -0.15) is 9.49 Å². The first kappa shape index (κ1) is 19.3. The molecular weight excluding hydrogens is 425 g/mol. The van der Waals surface area contributed by atoms with Crippen molar-refractivity contribution in [3.05, 3.63) is 57.9 Å². The third-order valence-electron chi connectivity index (χ3n) is 3.84. The summed E-state index contributed by atoms with van der Waals surface area (Å²) in [6, 6.07) is 4.09. The molecule has 3 aromatic heterocycles. The SMILES string of the molecule is Cc1nc(COc2cccnn2)sc1-c1nc(-c2cc(F)c(O)c(F)c2F)cs1. The van der Waals surface area contributed by atoms with E-state index >= 15 is 0 Å². The molecule has 0 atom stereocenters. The summed E-state index contributed by atoms with van der Waals surface area (Å²) in [6.07, 6.45) is 1.53. The summed E-state index contributed by atoms with van der Waals surface area (Å²) in [4.78, 5) is 9.45. The zero-order valence-corrected chi connectivity index (χ0v) is 16.3. The average Bonchev–Trinajstić information content (AvgIpc) is 3.35. The van der Waals surface area contributed by atoms with Crippen LogP contribution in [0, 0.1) is 24.4 Å². The van der Waals surface area contributed by atoms with E-state index in [1.807, 2.05) is 0 Å². The van der Waals surface area contributed by atoms with E-state index in [-0.39, 0.29) is 17.9 Å². The molecule has 29 heavy (non-hydrogen) atoms. The number of benzene rings is 1. The van der Waals surface area contributed by atoms with E-state index in [2.05, 4.69) is 20.2 Å². The fourth-order valence-corrected chi connectivity index (χ4v) is 4.43. The molecule has 0 unspecified atom stereocenters. The van der Waals surface area contributed by atoms with Gasteiger partial charge >= 0.3 is 0 Å². The Morgan fingerprint density at radius 2 is 2.00 bits per heavy atom. The Labute approximate surface area is 170 Å². The Kier molecular flexibility index (Phi) is 5.16. The molecule has 0 saturated heterocycles. The number of thiazole rings is 2. The van der Waals surface area contributed by atoms with Crippen LogP contribution >= 0.6 is 22.7 Å². The number of aryl methyl sites for hydroxylation is 1. The quantitative estimate of drug-likeness (QED) is 0.456. The molecule has 0 fully saturated rings. The van der Waals surface area contributed by atoms with Crippen LogP contribution in [0.2, 0.25) is 0 Å². The molecule has 3 heterocycles. The van der Waals surface area contributed by atoms with Gasteiger partial charge in [0.2, 0.25) is 11.7 Å². The number of ether oxygens (including phenoxy) is 1. The lowest BCUT2D eigenvalue weighted by atomic mass is 10.1. The third kappa shape index (κ3) is 3.78. The Bertz CT molecular complexity index is 1180. The smallest absolute Gasteiger partial charge is 0.233 e. The molecule has 0 spiro atoms. The van der Waals surface area contributed by atoms with Crippen molar-refractivity contribution in [1.82, 2.24) is 20.2 Å². The van der Waals surface area contributed by atoms with E-state index in [0.29, 0.717) is 27.7 Å². The Morgan fingerprint density at radius 3 is 2.76 bits per heavy atom. The van der Waals surface area contributed by atoms with Crippen molar-refractivity contribution >= 4 is 22.7 Å².